The second-order valence-corrected chi connectivity index (χ2v) is 5.69. The molecule has 1 heteroatoms. The number of rotatable bonds is 1. The molecule has 0 aliphatic carbocycles. The molecule has 3 rings (SSSR count). The lowest BCUT2D eigenvalue weighted by Gasteiger charge is -2.23. The fourth-order valence-electron chi connectivity index (χ4n) is 2.42. The van der Waals surface area contributed by atoms with Gasteiger partial charge in [-0.05, 0) is 42.2 Å². The van der Waals surface area contributed by atoms with Crippen molar-refractivity contribution >= 4 is 17.3 Å². The van der Waals surface area contributed by atoms with E-state index in [1.165, 1.54) is 32.1 Å². The van der Waals surface area contributed by atoms with E-state index in [0.29, 0.717) is 0 Å². The van der Waals surface area contributed by atoms with Crippen molar-refractivity contribution in [2.75, 3.05) is 0 Å². The summed E-state index contributed by atoms with van der Waals surface area (Å²) in [4.78, 5) is 2.75. The molecule has 0 fully saturated rings. The summed E-state index contributed by atoms with van der Waals surface area (Å²) in [5.74, 6) is 0. The molecule has 0 saturated carbocycles. The molecule has 2 aromatic carbocycles. The third-order valence-electron chi connectivity index (χ3n) is 3.49. The molecule has 90 valence electrons. The molecule has 0 radical (unpaired) electrons. The Morgan fingerprint density at radius 3 is 1.89 bits per heavy atom. The van der Waals surface area contributed by atoms with E-state index in [2.05, 4.69) is 62.4 Å². The molecule has 0 unspecified atom stereocenters. The first-order valence-corrected chi connectivity index (χ1v) is 7.19. The van der Waals surface area contributed by atoms with Crippen LogP contribution >= 0.6 is 11.8 Å². The lowest BCUT2D eigenvalue weighted by molar-refractivity contribution is 1.09. The van der Waals surface area contributed by atoms with Gasteiger partial charge < -0.3 is 0 Å². The van der Waals surface area contributed by atoms with Gasteiger partial charge in [0.25, 0.3) is 0 Å². The van der Waals surface area contributed by atoms with E-state index in [9.17, 15) is 0 Å². The zero-order valence-electron chi connectivity index (χ0n) is 10.7. The number of benzene rings is 2. The highest BCUT2D eigenvalue weighted by molar-refractivity contribution is 7.99. The van der Waals surface area contributed by atoms with Crippen LogP contribution < -0.4 is 0 Å². The maximum Gasteiger partial charge on any atom is 0.0201 e. The summed E-state index contributed by atoms with van der Waals surface area (Å²) in [6.07, 6.45) is 1.10. The van der Waals surface area contributed by atoms with Gasteiger partial charge in [-0.25, -0.2) is 0 Å². The summed E-state index contributed by atoms with van der Waals surface area (Å²) in [7, 11) is 0. The van der Waals surface area contributed by atoms with Gasteiger partial charge in [0.1, 0.15) is 0 Å². The molecule has 0 N–H and O–H groups in total. The Morgan fingerprint density at radius 2 is 1.39 bits per heavy atom. The molecular formula is C17H16S. The van der Waals surface area contributed by atoms with E-state index in [-0.39, 0.29) is 0 Å². The predicted molar refractivity (Wildman–Crippen MR) is 79.0 cm³/mol. The minimum atomic E-state index is 1.10. The van der Waals surface area contributed by atoms with E-state index >= 15 is 0 Å². The fourth-order valence-corrected chi connectivity index (χ4v) is 3.51. The number of hydrogen-bond donors (Lipinski definition) is 0. The zero-order chi connectivity index (χ0) is 12.5. The molecule has 18 heavy (non-hydrogen) atoms. The molecule has 1 aliphatic heterocycles. The van der Waals surface area contributed by atoms with Crippen molar-refractivity contribution in [2.24, 2.45) is 0 Å². The molecule has 0 nitrogen and oxygen atoms in total. The SMILES string of the molecule is CCC(C)=C1c2ccccc2Sc2ccccc21. The van der Waals surface area contributed by atoms with Gasteiger partial charge in [-0.2, -0.15) is 0 Å². The molecule has 0 bridgehead atoms. The lowest BCUT2D eigenvalue weighted by Crippen LogP contribution is -2.00. The molecule has 2 aromatic rings. The van der Waals surface area contributed by atoms with Gasteiger partial charge >= 0.3 is 0 Å². The quantitative estimate of drug-likeness (QED) is 0.560. The summed E-state index contributed by atoms with van der Waals surface area (Å²) in [6, 6.07) is 17.4. The van der Waals surface area contributed by atoms with Crippen molar-refractivity contribution in [3.05, 3.63) is 65.2 Å². The molecule has 0 atom stereocenters. The van der Waals surface area contributed by atoms with Gasteiger partial charge in [-0.1, -0.05) is 60.7 Å². The Balaban J connectivity index is 2.31. The van der Waals surface area contributed by atoms with E-state index in [0.717, 1.165) is 6.42 Å². The van der Waals surface area contributed by atoms with Crippen molar-refractivity contribution in [2.45, 2.75) is 30.1 Å². The van der Waals surface area contributed by atoms with Crippen LogP contribution in [-0.4, -0.2) is 0 Å². The normalized spacial score (nSPS) is 12.9. The highest BCUT2D eigenvalue weighted by Crippen LogP contribution is 2.46. The van der Waals surface area contributed by atoms with Gasteiger partial charge in [-0.15, -0.1) is 0 Å². The first kappa shape index (κ1) is 11.6. The van der Waals surface area contributed by atoms with Crippen LogP contribution in [0.4, 0.5) is 0 Å². The van der Waals surface area contributed by atoms with Gasteiger partial charge in [0, 0.05) is 9.79 Å². The Bertz CT molecular complexity index is 576. The van der Waals surface area contributed by atoms with Crippen LogP contribution in [0.15, 0.2) is 63.9 Å². The summed E-state index contributed by atoms with van der Waals surface area (Å²) in [5.41, 5.74) is 5.68. The second-order valence-electron chi connectivity index (χ2n) is 4.60. The molecule has 0 saturated heterocycles. The third-order valence-corrected chi connectivity index (χ3v) is 4.64. The zero-order valence-corrected chi connectivity index (χ0v) is 11.6. The predicted octanol–water partition coefficient (Wildman–Crippen LogP) is 5.38. The Hall–Kier alpha value is -1.47. The molecule has 0 aromatic heterocycles. The van der Waals surface area contributed by atoms with Crippen LogP contribution in [0.25, 0.3) is 5.57 Å². The molecular weight excluding hydrogens is 236 g/mol. The summed E-state index contributed by atoms with van der Waals surface area (Å²) >= 11 is 1.88. The average molecular weight is 252 g/mol. The Labute approximate surface area is 113 Å². The second kappa shape index (κ2) is 4.66. The summed E-state index contributed by atoms with van der Waals surface area (Å²) in [5, 5.41) is 0. The molecule has 0 spiro atoms. The van der Waals surface area contributed by atoms with E-state index in [1.807, 2.05) is 11.8 Å². The maximum absolute atomic E-state index is 2.25. The lowest BCUT2D eigenvalue weighted by atomic mass is 9.92. The van der Waals surface area contributed by atoms with Gasteiger partial charge in [0.15, 0.2) is 0 Å². The van der Waals surface area contributed by atoms with Crippen LogP contribution in [0.2, 0.25) is 0 Å². The van der Waals surface area contributed by atoms with Crippen molar-refractivity contribution in [3.63, 3.8) is 0 Å². The van der Waals surface area contributed by atoms with Gasteiger partial charge in [0.2, 0.25) is 0 Å². The average Bonchev–Trinajstić information content (AvgIpc) is 2.44. The monoisotopic (exact) mass is 252 g/mol. The third kappa shape index (κ3) is 1.79. The van der Waals surface area contributed by atoms with Crippen molar-refractivity contribution in [3.8, 4) is 0 Å². The summed E-state index contributed by atoms with van der Waals surface area (Å²) in [6.45, 7) is 4.48. The van der Waals surface area contributed by atoms with Crippen molar-refractivity contribution in [1.29, 1.82) is 0 Å². The van der Waals surface area contributed by atoms with E-state index in [1.54, 1.807) is 0 Å². The van der Waals surface area contributed by atoms with Crippen molar-refractivity contribution in [1.82, 2.24) is 0 Å². The van der Waals surface area contributed by atoms with Gasteiger partial charge in [-0.3, -0.25) is 0 Å². The Kier molecular flexibility index (Phi) is 3.00. The largest absolute Gasteiger partial charge is 0.0888 e. The first-order valence-electron chi connectivity index (χ1n) is 6.37. The van der Waals surface area contributed by atoms with Crippen molar-refractivity contribution < 1.29 is 0 Å². The van der Waals surface area contributed by atoms with Crippen LogP contribution in [0.5, 0.6) is 0 Å². The number of hydrogen-bond acceptors (Lipinski definition) is 1. The first-order chi connectivity index (χ1) is 8.81. The standard InChI is InChI=1S/C17H16S/c1-3-12(2)17-13-8-4-6-10-15(13)18-16-11-7-5-9-14(16)17/h4-11H,3H2,1-2H3. The number of allylic oxidation sites excluding steroid dienone is 1. The smallest absolute Gasteiger partial charge is 0.0201 e. The minimum absolute atomic E-state index is 1.10. The highest BCUT2D eigenvalue weighted by atomic mass is 32.2. The molecule has 0 amide bonds. The Morgan fingerprint density at radius 1 is 0.889 bits per heavy atom. The minimum Gasteiger partial charge on any atom is -0.0888 e. The molecule has 1 heterocycles. The summed E-state index contributed by atoms with van der Waals surface area (Å²) < 4.78 is 0. The maximum atomic E-state index is 2.25. The molecule has 1 aliphatic rings. The van der Waals surface area contributed by atoms with Crippen LogP contribution in [-0.2, 0) is 0 Å². The fraction of sp³-hybridized carbons (Fsp3) is 0.176. The number of fused-ring (bicyclic) bond motifs is 2. The van der Waals surface area contributed by atoms with Crippen LogP contribution in [0, 0.1) is 0 Å². The van der Waals surface area contributed by atoms with E-state index in [4.69, 9.17) is 0 Å². The van der Waals surface area contributed by atoms with Crippen LogP contribution in [0.1, 0.15) is 31.4 Å². The van der Waals surface area contributed by atoms with Gasteiger partial charge in [0.05, 0.1) is 0 Å². The topological polar surface area (TPSA) is 0 Å². The van der Waals surface area contributed by atoms with E-state index < -0.39 is 0 Å². The van der Waals surface area contributed by atoms with Crippen LogP contribution in [0.3, 0.4) is 0 Å². The highest BCUT2D eigenvalue weighted by Gasteiger charge is 2.21.